The van der Waals surface area contributed by atoms with E-state index in [0.717, 1.165) is 16.9 Å². The molecule has 2 heterocycles. The molecule has 0 aliphatic carbocycles. The van der Waals surface area contributed by atoms with Gasteiger partial charge in [0.1, 0.15) is 17.9 Å². The molecular weight excluding hydrogens is 446 g/mol. The first kappa shape index (κ1) is 24.2. The van der Waals surface area contributed by atoms with Crippen molar-refractivity contribution in [3.05, 3.63) is 101 Å². The summed E-state index contributed by atoms with van der Waals surface area (Å²) in [5.41, 5.74) is 2.30. The molecule has 1 aliphatic rings. The van der Waals surface area contributed by atoms with Gasteiger partial charge in [-0.3, -0.25) is 9.59 Å². The van der Waals surface area contributed by atoms with Crippen molar-refractivity contribution in [3.63, 3.8) is 0 Å². The summed E-state index contributed by atoms with van der Waals surface area (Å²) in [6.07, 6.45) is 2.85. The Morgan fingerprint density at radius 2 is 1.86 bits per heavy atom. The fourth-order valence-corrected chi connectivity index (χ4v) is 4.10. The maximum atomic E-state index is 13.2. The van der Waals surface area contributed by atoms with Crippen LogP contribution >= 0.6 is 0 Å². The highest BCUT2D eigenvalue weighted by molar-refractivity contribution is 5.96. The van der Waals surface area contributed by atoms with Crippen LogP contribution in [0.25, 0.3) is 0 Å². The SMILES string of the molecule is COc1cccc(CO[C@@H]2CN(CCc3ccccc3)C(=O)CN(C(=O)c3ccc[n+]([O-])c3)C2)c1. The molecule has 1 aromatic heterocycles. The predicted molar refractivity (Wildman–Crippen MR) is 130 cm³/mol. The molecule has 3 aromatic rings. The van der Waals surface area contributed by atoms with Crippen molar-refractivity contribution in [1.29, 1.82) is 0 Å². The molecule has 0 N–H and O–H groups in total. The highest BCUT2D eigenvalue weighted by Crippen LogP contribution is 2.17. The number of rotatable bonds is 8. The maximum absolute atomic E-state index is 13.2. The van der Waals surface area contributed by atoms with E-state index in [4.69, 9.17) is 9.47 Å². The summed E-state index contributed by atoms with van der Waals surface area (Å²) < 4.78 is 12.1. The van der Waals surface area contributed by atoms with Gasteiger partial charge in [-0.1, -0.05) is 42.5 Å². The Kier molecular flexibility index (Phi) is 7.95. The Hall–Kier alpha value is -3.91. The van der Waals surface area contributed by atoms with Crippen molar-refractivity contribution in [2.45, 2.75) is 19.1 Å². The molecule has 4 rings (SSSR count). The third-order valence-electron chi connectivity index (χ3n) is 5.97. The fourth-order valence-electron chi connectivity index (χ4n) is 4.10. The van der Waals surface area contributed by atoms with E-state index < -0.39 is 6.10 Å². The average molecular weight is 476 g/mol. The third-order valence-corrected chi connectivity index (χ3v) is 5.97. The Balaban J connectivity index is 1.51. The standard InChI is InChI=1S/C27H29N3O5/c1-34-24-11-5-9-22(15-24)20-35-25-17-28(14-12-21-7-3-2-4-8-21)26(31)19-29(18-25)27(32)23-10-6-13-30(33)16-23/h2-11,13,15-16,25H,12,14,17-20H2,1H3/t25-/m1/s1. The summed E-state index contributed by atoms with van der Waals surface area (Å²) in [6, 6.07) is 20.7. The minimum Gasteiger partial charge on any atom is -0.619 e. The van der Waals surface area contributed by atoms with Crippen molar-refractivity contribution in [3.8, 4) is 5.75 Å². The quantitative estimate of drug-likeness (QED) is 0.369. The van der Waals surface area contributed by atoms with Crippen LogP contribution in [0.15, 0.2) is 79.1 Å². The molecule has 0 saturated carbocycles. The van der Waals surface area contributed by atoms with Crippen LogP contribution in [0, 0.1) is 5.21 Å². The Bertz CT molecular complexity index is 1150. The highest BCUT2D eigenvalue weighted by Gasteiger charge is 2.31. The second-order valence-electron chi connectivity index (χ2n) is 8.50. The molecule has 2 amide bonds. The van der Waals surface area contributed by atoms with Crippen molar-refractivity contribution < 1.29 is 23.8 Å². The van der Waals surface area contributed by atoms with E-state index >= 15 is 0 Å². The van der Waals surface area contributed by atoms with Gasteiger partial charge >= 0.3 is 0 Å². The predicted octanol–water partition coefficient (Wildman–Crippen LogP) is 2.44. The monoisotopic (exact) mass is 475 g/mol. The number of carbonyl (C=O) groups excluding carboxylic acids is 2. The number of benzene rings is 2. The molecule has 182 valence electrons. The molecular formula is C27H29N3O5. The van der Waals surface area contributed by atoms with E-state index in [1.54, 1.807) is 18.1 Å². The summed E-state index contributed by atoms with van der Waals surface area (Å²) in [5, 5.41) is 11.7. The van der Waals surface area contributed by atoms with Crippen LogP contribution in [-0.4, -0.2) is 61.0 Å². The summed E-state index contributed by atoms with van der Waals surface area (Å²) in [4.78, 5) is 29.5. The van der Waals surface area contributed by atoms with Gasteiger partial charge < -0.3 is 24.5 Å². The van der Waals surface area contributed by atoms with Crippen molar-refractivity contribution in [1.82, 2.24) is 9.80 Å². The van der Waals surface area contributed by atoms with Gasteiger partial charge in [-0.25, -0.2) is 0 Å². The van der Waals surface area contributed by atoms with Gasteiger partial charge in [-0.2, -0.15) is 4.73 Å². The first-order valence-electron chi connectivity index (χ1n) is 11.6. The zero-order valence-corrected chi connectivity index (χ0v) is 19.7. The molecule has 8 nitrogen and oxygen atoms in total. The zero-order chi connectivity index (χ0) is 24.6. The number of ether oxygens (including phenoxy) is 2. The van der Waals surface area contributed by atoms with Crippen LogP contribution in [0.2, 0.25) is 0 Å². The molecule has 1 atom stereocenters. The molecule has 1 aliphatic heterocycles. The first-order valence-corrected chi connectivity index (χ1v) is 11.6. The van der Waals surface area contributed by atoms with Crippen LogP contribution in [-0.2, 0) is 22.6 Å². The fraction of sp³-hybridized carbons (Fsp3) is 0.296. The zero-order valence-electron chi connectivity index (χ0n) is 19.7. The van der Waals surface area contributed by atoms with E-state index in [1.807, 2.05) is 54.6 Å². The summed E-state index contributed by atoms with van der Waals surface area (Å²) >= 11 is 0. The minimum atomic E-state index is -0.393. The molecule has 1 fully saturated rings. The lowest BCUT2D eigenvalue weighted by molar-refractivity contribution is -0.605. The number of nitrogens with zero attached hydrogens (tertiary/aromatic N) is 3. The van der Waals surface area contributed by atoms with E-state index in [0.29, 0.717) is 30.8 Å². The van der Waals surface area contributed by atoms with Gasteiger partial charge in [0.15, 0.2) is 12.4 Å². The normalized spacial score (nSPS) is 16.1. The topological polar surface area (TPSA) is 86.0 Å². The molecule has 0 bridgehead atoms. The Morgan fingerprint density at radius 3 is 2.63 bits per heavy atom. The van der Waals surface area contributed by atoms with Crippen molar-refractivity contribution >= 4 is 11.8 Å². The highest BCUT2D eigenvalue weighted by atomic mass is 16.5. The number of pyridine rings is 1. The van der Waals surface area contributed by atoms with Crippen LogP contribution in [0.5, 0.6) is 5.75 Å². The van der Waals surface area contributed by atoms with E-state index in [1.165, 1.54) is 23.4 Å². The Morgan fingerprint density at radius 1 is 1.06 bits per heavy atom. The molecule has 8 heteroatoms. The van der Waals surface area contributed by atoms with Gasteiger partial charge in [0.2, 0.25) is 5.91 Å². The molecule has 0 radical (unpaired) electrons. The second-order valence-corrected chi connectivity index (χ2v) is 8.50. The van der Waals surface area contributed by atoms with Gasteiger partial charge in [-0.05, 0) is 35.7 Å². The van der Waals surface area contributed by atoms with Crippen LogP contribution in [0.4, 0.5) is 0 Å². The number of hydrogen-bond donors (Lipinski definition) is 0. The van der Waals surface area contributed by atoms with Gasteiger partial charge in [0.05, 0.1) is 19.8 Å². The number of methoxy groups -OCH3 is 1. The van der Waals surface area contributed by atoms with E-state index in [9.17, 15) is 14.8 Å². The molecule has 1 saturated heterocycles. The first-order chi connectivity index (χ1) is 17.0. The lowest BCUT2D eigenvalue weighted by Gasteiger charge is -2.25. The smallest absolute Gasteiger partial charge is 0.260 e. The lowest BCUT2D eigenvalue weighted by Crippen LogP contribution is -2.41. The van der Waals surface area contributed by atoms with Crippen molar-refractivity contribution in [2.75, 3.05) is 33.3 Å². The maximum Gasteiger partial charge on any atom is 0.260 e. The van der Waals surface area contributed by atoms with E-state index in [2.05, 4.69) is 0 Å². The van der Waals surface area contributed by atoms with Crippen LogP contribution in [0.1, 0.15) is 21.5 Å². The summed E-state index contributed by atoms with van der Waals surface area (Å²) in [5.74, 6) is 0.217. The lowest BCUT2D eigenvalue weighted by atomic mass is 10.1. The Labute approximate surface area is 204 Å². The van der Waals surface area contributed by atoms with E-state index in [-0.39, 0.29) is 30.5 Å². The summed E-state index contributed by atoms with van der Waals surface area (Å²) in [6.45, 7) is 1.38. The molecule has 0 spiro atoms. The van der Waals surface area contributed by atoms with Crippen LogP contribution in [0.3, 0.4) is 0 Å². The number of amides is 2. The average Bonchev–Trinajstić information content (AvgIpc) is 3.04. The number of carbonyl (C=O) groups is 2. The minimum absolute atomic E-state index is 0.0691. The second kappa shape index (κ2) is 11.5. The molecule has 2 aromatic carbocycles. The largest absolute Gasteiger partial charge is 0.619 e. The number of hydrogen-bond acceptors (Lipinski definition) is 5. The van der Waals surface area contributed by atoms with Gasteiger partial charge in [0.25, 0.3) is 5.91 Å². The van der Waals surface area contributed by atoms with Gasteiger partial charge in [0, 0.05) is 25.7 Å². The van der Waals surface area contributed by atoms with Crippen molar-refractivity contribution in [2.24, 2.45) is 0 Å². The van der Waals surface area contributed by atoms with Crippen LogP contribution < -0.4 is 9.47 Å². The molecule has 35 heavy (non-hydrogen) atoms. The van der Waals surface area contributed by atoms with Gasteiger partial charge in [-0.15, -0.1) is 0 Å². The third kappa shape index (κ3) is 6.58. The molecule has 0 unspecified atom stereocenters. The number of aromatic nitrogens is 1. The summed E-state index contributed by atoms with van der Waals surface area (Å²) in [7, 11) is 1.61.